The fourth-order valence-corrected chi connectivity index (χ4v) is 5.03. The molecule has 6 heteroatoms. The molecule has 0 amide bonds. The number of nitrogens with one attached hydrogen (secondary N) is 1. The Balaban J connectivity index is 1.24. The fourth-order valence-electron chi connectivity index (χ4n) is 5.03. The van der Waals surface area contributed by atoms with E-state index in [-0.39, 0.29) is 18.3 Å². The zero-order valence-corrected chi connectivity index (χ0v) is 21.1. The first-order valence-corrected chi connectivity index (χ1v) is 12.8. The Kier molecular flexibility index (Phi) is 7.54. The smallest absolute Gasteiger partial charge is 0.170 e. The highest BCUT2D eigenvalue weighted by atomic mass is 16.5. The van der Waals surface area contributed by atoms with Crippen molar-refractivity contribution in [1.82, 2.24) is 15.2 Å². The minimum Gasteiger partial charge on any atom is -0.485 e. The van der Waals surface area contributed by atoms with Crippen molar-refractivity contribution in [2.75, 3.05) is 26.7 Å². The molecule has 5 rings (SSSR count). The minimum atomic E-state index is -0.308. The van der Waals surface area contributed by atoms with E-state index in [4.69, 9.17) is 9.73 Å². The molecule has 6 nitrogen and oxygen atoms in total. The summed E-state index contributed by atoms with van der Waals surface area (Å²) in [6.07, 6.45) is 3.78. The van der Waals surface area contributed by atoms with Crippen LogP contribution in [0, 0.1) is 5.92 Å². The van der Waals surface area contributed by atoms with Crippen molar-refractivity contribution >= 4 is 17.2 Å². The molecule has 0 bridgehead atoms. The Morgan fingerprint density at radius 1 is 1.08 bits per heavy atom. The monoisotopic (exact) mass is 482 g/mol. The molecule has 3 aromatic rings. The van der Waals surface area contributed by atoms with E-state index in [0.29, 0.717) is 23.7 Å². The van der Waals surface area contributed by atoms with Crippen LogP contribution in [0.25, 0.3) is 0 Å². The van der Waals surface area contributed by atoms with Gasteiger partial charge >= 0.3 is 0 Å². The van der Waals surface area contributed by atoms with Crippen molar-refractivity contribution in [2.24, 2.45) is 10.9 Å². The maximum absolute atomic E-state index is 13.0. The van der Waals surface area contributed by atoms with Gasteiger partial charge in [-0.05, 0) is 75.1 Å². The van der Waals surface area contributed by atoms with Gasteiger partial charge in [-0.3, -0.25) is 14.8 Å². The molecule has 186 valence electrons. The van der Waals surface area contributed by atoms with E-state index in [1.54, 1.807) is 12.3 Å². The van der Waals surface area contributed by atoms with Gasteiger partial charge in [0.15, 0.2) is 5.78 Å². The lowest BCUT2D eigenvalue weighted by molar-refractivity contribution is 0.0996. The molecule has 2 aromatic carbocycles. The molecule has 0 aliphatic carbocycles. The highest BCUT2D eigenvalue weighted by Gasteiger charge is 2.27. The Morgan fingerprint density at radius 2 is 1.86 bits per heavy atom. The Hall–Kier alpha value is -3.35. The van der Waals surface area contributed by atoms with Gasteiger partial charge in [0.2, 0.25) is 0 Å². The summed E-state index contributed by atoms with van der Waals surface area (Å²) < 4.78 is 6.20. The minimum absolute atomic E-state index is 0.0738. The first kappa shape index (κ1) is 24.3. The van der Waals surface area contributed by atoms with Crippen LogP contribution in [-0.2, 0) is 13.0 Å². The largest absolute Gasteiger partial charge is 0.485 e. The van der Waals surface area contributed by atoms with Gasteiger partial charge in [0.05, 0.1) is 23.5 Å². The molecule has 2 atom stereocenters. The maximum atomic E-state index is 13.0. The van der Waals surface area contributed by atoms with Crippen LogP contribution < -0.4 is 10.1 Å². The number of carbonyl (C=O) groups is 1. The predicted octanol–water partition coefficient (Wildman–Crippen LogP) is 4.84. The quantitative estimate of drug-likeness (QED) is 0.473. The molecule has 0 saturated carbocycles. The molecule has 0 radical (unpaired) electrons. The molecule has 1 aromatic heterocycles. The summed E-state index contributed by atoms with van der Waals surface area (Å²) in [5.41, 5.74) is 5.42. The van der Waals surface area contributed by atoms with E-state index < -0.39 is 0 Å². The van der Waals surface area contributed by atoms with Gasteiger partial charge in [0.1, 0.15) is 11.9 Å². The maximum Gasteiger partial charge on any atom is 0.170 e. The Bertz CT molecular complexity index is 1220. The summed E-state index contributed by atoms with van der Waals surface area (Å²) in [5, 5.41) is 3.53. The number of benzene rings is 2. The van der Waals surface area contributed by atoms with Gasteiger partial charge in [-0.15, -0.1) is 0 Å². The molecular weight excluding hydrogens is 448 g/mol. The topological polar surface area (TPSA) is 66.8 Å². The second kappa shape index (κ2) is 11.1. The van der Waals surface area contributed by atoms with E-state index in [1.807, 2.05) is 25.1 Å². The molecule has 1 fully saturated rings. The summed E-state index contributed by atoms with van der Waals surface area (Å²) in [7, 11) is 2.17. The van der Waals surface area contributed by atoms with Gasteiger partial charge in [-0.25, -0.2) is 0 Å². The van der Waals surface area contributed by atoms with E-state index >= 15 is 0 Å². The predicted molar refractivity (Wildman–Crippen MR) is 143 cm³/mol. The van der Waals surface area contributed by atoms with E-state index in [0.717, 1.165) is 43.2 Å². The molecule has 2 aliphatic heterocycles. The zero-order valence-electron chi connectivity index (χ0n) is 21.1. The van der Waals surface area contributed by atoms with Gasteiger partial charge in [0.25, 0.3) is 0 Å². The molecule has 2 unspecified atom stereocenters. The van der Waals surface area contributed by atoms with Crippen LogP contribution in [0.4, 0.5) is 5.69 Å². The third-order valence-electron chi connectivity index (χ3n) is 7.07. The van der Waals surface area contributed by atoms with Crippen LogP contribution in [-0.4, -0.2) is 54.2 Å². The lowest BCUT2D eigenvalue weighted by Crippen LogP contribution is -2.29. The van der Waals surface area contributed by atoms with Gasteiger partial charge in [-0.1, -0.05) is 42.5 Å². The number of carbonyl (C=O) groups excluding carboxylic acids is 1. The zero-order chi connectivity index (χ0) is 24.9. The van der Waals surface area contributed by atoms with E-state index in [2.05, 4.69) is 58.6 Å². The van der Waals surface area contributed by atoms with Crippen LogP contribution in [0.2, 0.25) is 0 Å². The van der Waals surface area contributed by atoms with Crippen LogP contribution in [0.5, 0.6) is 5.75 Å². The molecule has 1 saturated heterocycles. The molecule has 0 spiro atoms. The van der Waals surface area contributed by atoms with Gasteiger partial charge < -0.3 is 15.0 Å². The van der Waals surface area contributed by atoms with Crippen LogP contribution >= 0.6 is 0 Å². The summed E-state index contributed by atoms with van der Waals surface area (Å²) >= 11 is 0. The number of hydrogen-bond acceptors (Lipinski definition) is 6. The number of aromatic nitrogens is 1. The molecule has 36 heavy (non-hydrogen) atoms. The number of pyridine rings is 1. The Morgan fingerprint density at radius 3 is 2.61 bits per heavy atom. The van der Waals surface area contributed by atoms with Crippen molar-refractivity contribution in [1.29, 1.82) is 0 Å². The molecule has 2 aliphatic rings. The summed E-state index contributed by atoms with van der Waals surface area (Å²) in [6.45, 7) is 5.78. The average Bonchev–Trinajstić information content (AvgIpc) is 3.31. The number of nitrogens with zero attached hydrogens (tertiary/aromatic N) is 3. The van der Waals surface area contributed by atoms with Crippen molar-refractivity contribution in [3.63, 3.8) is 0 Å². The molecular formula is C30H34N4O2. The third-order valence-corrected chi connectivity index (χ3v) is 7.07. The lowest BCUT2D eigenvalue weighted by atomic mass is 9.97. The number of hydrogen-bond donors (Lipinski definition) is 1. The van der Waals surface area contributed by atoms with E-state index in [1.165, 1.54) is 17.5 Å². The van der Waals surface area contributed by atoms with Crippen LogP contribution in [0.15, 0.2) is 71.9 Å². The first-order valence-electron chi connectivity index (χ1n) is 12.8. The highest BCUT2D eigenvalue weighted by molar-refractivity contribution is 6.17. The Labute approximate surface area is 213 Å². The summed E-state index contributed by atoms with van der Waals surface area (Å²) in [4.78, 5) is 24.8. The number of likely N-dealkylation sites (tertiary alicyclic amines) is 1. The fraction of sp³-hybridized carbons (Fsp3) is 0.367. The van der Waals surface area contributed by atoms with Gasteiger partial charge in [0, 0.05) is 24.8 Å². The van der Waals surface area contributed by atoms with Crippen LogP contribution in [0.3, 0.4) is 0 Å². The second-order valence-corrected chi connectivity index (χ2v) is 9.97. The van der Waals surface area contributed by atoms with Gasteiger partial charge in [-0.2, -0.15) is 0 Å². The average molecular weight is 483 g/mol. The molecule has 1 N–H and O–H groups in total. The SMILES string of the molecule is CC(Oc1ccc(Cc2ccccc2)cc1)C1=Nc2c(ccnc2CNCC2CCN(C)C2)C(=O)C1. The summed E-state index contributed by atoms with van der Waals surface area (Å²) in [5.74, 6) is 1.50. The number of fused-ring (bicyclic) bond motifs is 1. The molecule has 3 heterocycles. The number of aliphatic imine (C=N–C) groups is 1. The van der Waals surface area contributed by atoms with Crippen molar-refractivity contribution < 1.29 is 9.53 Å². The summed E-state index contributed by atoms with van der Waals surface area (Å²) in [6, 6.07) is 20.4. The first-order chi connectivity index (χ1) is 17.5. The lowest BCUT2D eigenvalue weighted by Gasteiger charge is -2.22. The number of ether oxygens (including phenoxy) is 1. The third kappa shape index (κ3) is 5.89. The number of Topliss-reactive ketones (excluding diaryl/α,β-unsaturated/α-hetero) is 1. The number of rotatable bonds is 9. The second-order valence-electron chi connectivity index (χ2n) is 9.97. The van der Waals surface area contributed by atoms with E-state index in [9.17, 15) is 4.79 Å². The van der Waals surface area contributed by atoms with Crippen LogP contribution in [0.1, 0.15) is 46.9 Å². The van der Waals surface area contributed by atoms with Crippen molar-refractivity contribution in [2.45, 2.75) is 38.8 Å². The number of ketones is 1. The highest BCUT2D eigenvalue weighted by Crippen LogP contribution is 2.30. The normalized spacial score (nSPS) is 18.6. The van der Waals surface area contributed by atoms with Crippen molar-refractivity contribution in [3.8, 4) is 5.75 Å². The standard InChI is InChI=1S/C30H34N4O2/c1-21(36-25-10-8-23(9-11-25)16-22-6-4-3-5-7-22)27-17-29(35)26-12-14-32-28(30(26)33-27)19-31-18-24-13-15-34(2)20-24/h3-12,14,21,24,31H,13,15-20H2,1-2H3. The van der Waals surface area contributed by atoms with Crippen molar-refractivity contribution in [3.05, 3.63) is 89.2 Å².